The molecule has 0 bridgehead atoms. The molecule has 1 heterocycles. The van der Waals surface area contributed by atoms with E-state index in [2.05, 4.69) is 15.7 Å². The van der Waals surface area contributed by atoms with Gasteiger partial charge in [0.25, 0.3) is 0 Å². The molecule has 2 amide bonds. The lowest BCUT2D eigenvalue weighted by Gasteiger charge is -2.18. The monoisotopic (exact) mass is 308 g/mol. The first kappa shape index (κ1) is 15.9. The molecule has 2 rings (SSSR count). The lowest BCUT2D eigenvalue weighted by atomic mass is 10.0. The Morgan fingerprint density at radius 1 is 1.41 bits per heavy atom. The first-order valence-corrected chi connectivity index (χ1v) is 6.96. The number of aryl methyl sites for hydroxylation is 1. The Kier molecular flexibility index (Phi) is 5.08. The second kappa shape index (κ2) is 7.02. The van der Waals surface area contributed by atoms with Gasteiger partial charge >= 0.3 is 6.03 Å². The van der Waals surface area contributed by atoms with Crippen LogP contribution in [0, 0.1) is 11.6 Å². The molecule has 0 spiro atoms. The minimum atomic E-state index is -0.593. The van der Waals surface area contributed by atoms with Gasteiger partial charge in [-0.1, -0.05) is 6.92 Å². The summed E-state index contributed by atoms with van der Waals surface area (Å²) in [5, 5.41) is 9.30. The number of aromatic nitrogens is 2. The van der Waals surface area contributed by atoms with Gasteiger partial charge in [-0.2, -0.15) is 5.10 Å². The number of nitrogens with zero attached hydrogens (tertiary/aromatic N) is 2. The number of halogens is 2. The van der Waals surface area contributed by atoms with E-state index in [0.717, 1.165) is 23.8 Å². The fourth-order valence-electron chi connectivity index (χ4n) is 2.14. The summed E-state index contributed by atoms with van der Waals surface area (Å²) in [6, 6.07) is 2.17. The van der Waals surface area contributed by atoms with Crippen LogP contribution in [0.15, 0.2) is 30.6 Å². The Morgan fingerprint density at radius 3 is 2.82 bits per heavy atom. The third-order valence-electron chi connectivity index (χ3n) is 3.26. The van der Waals surface area contributed by atoms with Crippen molar-refractivity contribution >= 4 is 6.03 Å². The van der Waals surface area contributed by atoms with Crippen LogP contribution in [-0.4, -0.2) is 15.8 Å². The van der Waals surface area contributed by atoms with Gasteiger partial charge in [0.15, 0.2) is 0 Å². The van der Waals surface area contributed by atoms with E-state index in [1.54, 1.807) is 31.0 Å². The second-order valence-electron chi connectivity index (χ2n) is 4.98. The van der Waals surface area contributed by atoms with Crippen LogP contribution in [0.25, 0.3) is 0 Å². The number of hydrogen-bond donors (Lipinski definition) is 2. The summed E-state index contributed by atoms with van der Waals surface area (Å²) in [5.41, 5.74) is 0.988. The van der Waals surface area contributed by atoms with Crippen molar-refractivity contribution in [1.29, 1.82) is 0 Å². The maximum atomic E-state index is 13.8. The molecule has 0 saturated carbocycles. The van der Waals surface area contributed by atoms with Gasteiger partial charge in [0.1, 0.15) is 11.6 Å². The molecule has 5 nitrogen and oxygen atoms in total. The zero-order valence-corrected chi connectivity index (χ0v) is 12.4. The molecule has 1 aromatic heterocycles. The van der Waals surface area contributed by atoms with Gasteiger partial charge in [0.05, 0.1) is 12.2 Å². The Morgan fingerprint density at radius 2 is 2.18 bits per heavy atom. The SMILES string of the molecule is CC[C@H](NC(=O)NCc1cnn(C)c1)c1cc(F)ccc1F. The highest BCUT2D eigenvalue weighted by atomic mass is 19.1. The molecule has 2 N–H and O–H groups in total. The molecule has 0 fully saturated rings. The van der Waals surface area contributed by atoms with Crippen molar-refractivity contribution < 1.29 is 13.6 Å². The Hall–Kier alpha value is -2.44. The van der Waals surface area contributed by atoms with Gasteiger partial charge in [-0.3, -0.25) is 4.68 Å². The molecule has 1 atom stereocenters. The van der Waals surface area contributed by atoms with Crippen molar-refractivity contribution in [3.63, 3.8) is 0 Å². The standard InChI is InChI=1S/C15H18F2N4O/c1-3-14(12-6-11(16)4-5-13(12)17)20-15(22)18-7-10-8-19-21(2)9-10/h4-6,8-9,14H,3,7H2,1-2H3,(H2,18,20,22)/t14-/m0/s1. The first-order valence-electron chi connectivity index (χ1n) is 6.96. The summed E-state index contributed by atoms with van der Waals surface area (Å²) in [6.45, 7) is 2.10. The summed E-state index contributed by atoms with van der Waals surface area (Å²) in [5.74, 6) is -1.08. The lowest BCUT2D eigenvalue weighted by Crippen LogP contribution is -2.37. The average Bonchev–Trinajstić information content (AvgIpc) is 2.91. The summed E-state index contributed by atoms with van der Waals surface area (Å²) < 4.78 is 28.6. The minimum absolute atomic E-state index is 0.138. The topological polar surface area (TPSA) is 59.0 Å². The van der Waals surface area contributed by atoms with Crippen molar-refractivity contribution in [2.75, 3.05) is 0 Å². The van der Waals surface area contributed by atoms with Crippen molar-refractivity contribution in [2.45, 2.75) is 25.9 Å². The first-order chi connectivity index (χ1) is 10.5. The molecule has 7 heteroatoms. The maximum Gasteiger partial charge on any atom is 0.315 e. The lowest BCUT2D eigenvalue weighted by molar-refractivity contribution is 0.236. The molecule has 0 radical (unpaired) electrons. The van der Waals surface area contributed by atoms with Crippen molar-refractivity contribution in [3.05, 3.63) is 53.4 Å². The van der Waals surface area contributed by atoms with Crippen molar-refractivity contribution in [3.8, 4) is 0 Å². The van der Waals surface area contributed by atoms with Crippen molar-refractivity contribution in [1.82, 2.24) is 20.4 Å². The van der Waals surface area contributed by atoms with Crippen LogP contribution < -0.4 is 10.6 Å². The summed E-state index contributed by atoms with van der Waals surface area (Å²) in [4.78, 5) is 11.9. The maximum absolute atomic E-state index is 13.8. The van der Waals surface area contributed by atoms with Gasteiger partial charge in [-0.05, 0) is 24.6 Å². The molecule has 0 aliphatic rings. The normalized spacial score (nSPS) is 12.0. The molecule has 0 saturated heterocycles. The molecular weight excluding hydrogens is 290 g/mol. The van der Waals surface area contributed by atoms with Crippen LogP contribution in [0.1, 0.15) is 30.5 Å². The predicted molar refractivity (Wildman–Crippen MR) is 78.0 cm³/mol. The van der Waals surface area contributed by atoms with Gasteiger partial charge in [0.2, 0.25) is 0 Å². The minimum Gasteiger partial charge on any atom is -0.334 e. The van der Waals surface area contributed by atoms with E-state index in [-0.39, 0.29) is 5.56 Å². The zero-order valence-electron chi connectivity index (χ0n) is 12.4. The van der Waals surface area contributed by atoms with E-state index in [0.29, 0.717) is 13.0 Å². The van der Waals surface area contributed by atoms with E-state index in [1.807, 2.05) is 0 Å². The summed E-state index contributed by atoms with van der Waals surface area (Å²) >= 11 is 0. The molecule has 0 aliphatic heterocycles. The average molecular weight is 308 g/mol. The highest BCUT2D eigenvalue weighted by Gasteiger charge is 2.17. The number of carbonyl (C=O) groups is 1. The largest absolute Gasteiger partial charge is 0.334 e. The quantitative estimate of drug-likeness (QED) is 0.892. The Bertz CT molecular complexity index is 657. The van der Waals surface area contributed by atoms with Crippen LogP contribution in [0.4, 0.5) is 13.6 Å². The third-order valence-corrected chi connectivity index (χ3v) is 3.26. The number of urea groups is 1. The van der Waals surface area contributed by atoms with Gasteiger partial charge in [-0.25, -0.2) is 13.6 Å². The van der Waals surface area contributed by atoms with Crippen LogP contribution >= 0.6 is 0 Å². The number of carbonyl (C=O) groups excluding carboxylic acids is 1. The number of nitrogens with one attached hydrogen (secondary N) is 2. The van der Waals surface area contributed by atoms with Gasteiger partial charge in [0, 0.05) is 30.9 Å². The Labute approximate surface area is 127 Å². The van der Waals surface area contributed by atoms with E-state index >= 15 is 0 Å². The van der Waals surface area contributed by atoms with Crippen LogP contribution in [0.2, 0.25) is 0 Å². The fraction of sp³-hybridized carbons (Fsp3) is 0.333. The molecule has 22 heavy (non-hydrogen) atoms. The van der Waals surface area contributed by atoms with E-state index in [9.17, 15) is 13.6 Å². The number of amides is 2. The third kappa shape index (κ3) is 4.03. The molecular formula is C15H18F2N4O. The fourth-order valence-corrected chi connectivity index (χ4v) is 2.14. The zero-order chi connectivity index (χ0) is 16.1. The van der Waals surface area contributed by atoms with E-state index < -0.39 is 23.7 Å². The summed E-state index contributed by atoms with van der Waals surface area (Å²) in [6.07, 6.45) is 3.87. The number of benzene rings is 1. The molecule has 118 valence electrons. The summed E-state index contributed by atoms with van der Waals surface area (Å²) in [7, 11) is 1.78. The van der Waals surface area contributed by atoms with Gasteiger partial charge in [-0.15, -0.1) is 0 Å². The number of hydrogen-bond acceptors (Lipinski definition) is 2. The molecule has 0 aliphatic carbocycles. The Balaban J connectivity index is 1.97. The molecule has 0 unspecified atom stereocenters. The highest BCUT2D eigenvalue weighted by molar-refractivity contribution is 5.74. The van der Waals surface area contributed by atoms with E-state index in [1.165, 1.54) is 0 Å². The van der Waals surface area contributed by atoms with Gasteiger partial charge < -0.3 is 10.6 Å². The highest BCUT2D eigenvalue weighted by Crippen LogP contribution is 2.21. The molecule has 1 aromatic carbocycles. The number of rotatable bonds is 5. The van der Waals surface area contributed by atoms with Crippen LogP contribution in [-0.2, 0) is 13.6 Å². The smallest absolute Gasteiger partial charge is 0.315 e. The second-order valence-corrected chi connectivity index (χ2v) is 4.98. The predicted octanol–water partition coefficient (Wildman–Crippen LogP) is 2.65. The van der Waals surface area contributed by atoms with Crippen LogP contribution in [0.5, 0.6) is 0 Å². The van der Waals surface area contributed by atoms with Crippen molar-refractivity contribution in [2.24, 2.45) is 7.05 Å². The van der Waals surface area contributed by atoms with E-state index in [4.69, 9.17) is 0 Å². The van der Waals surface area contributed by atoms with Crippen LogP contribution in [0.3, 0.4) is 0 Å². The molecule has 2 aromatic rings.